The molecule has 0 saturated carbocycles. The summed E-state index contributed by atoms with van der Waals surface area (Å²) in [5, 5.41) is 4.08. The molecule has 1 aliphatic heterocycles. The zero-order valence-corrected chi connectivity index (χ0v) is 17.1. The number of aryl methyl sites for hydroxylation is 1. The second-order valence-electron chi connectivity index (χ2n) is 6.44. The van der Waals surface area contributed by atoms with Crippen LogP contribution in [0.5, 0.6) is 0 Å². The Hall–Kier alpha value is -1.65. The minimum absolute atomic E-state index is 0.259. The molecule has 28 heavy (non-hydrogen) atoms. The lowest BCUT2D eigenvalue weighted by molar-refractivity contribution is -0.144. The number of carbonyl (C=O) groups excluding carboxylic acids is 1. The number of hydrogen-bond donors (Lipinski definition) is 0. The van der Waals surface area contributed by atoms with E-state index in [0.29, 0.717) is 42.4 Å². The van der Waals surface area contributed by atoms with Gasteiger partial charge >= 0.3 is 6.18 Å². The first-order valence-electron chi connectivity index (χ1n) is 8.33. The van der Waals surface area contributed by atoms with Crippen molar-refractivity contribution in [2.75, 3.05) is 26.2 Å². The Kier molecular flexibility index (Phi) is 6.02. The van der Waals surface area contributed by atoms with Crippen molar-refractivity contribution in [3.05, 3.63) is 50.5 Å². The van der Waals surface area contributed by atoms with Crippen LogP contribution in [0, 0.1) is 5.82 Å². The summed E-state index contributed by atoms with van der Waals surface area (Å²) in [6.45, 7) is 2.18. The lowest BCUT2D eigenvalue weighted by atomic mass is 10.2. The zero-order valence-electron chi connectivity index (χ0n) is 14.7. The number of amides is 1. The summed E-state index contributed by atoms with van der Waals surface area (Å²) in [6.07, 6.45) is -4.62. The molecule has 1 aromatic heterocycles. The van der Waals surface area contributed by atoms with Crippen molar-refractivity contribution in [3.63, 3.8) is 0 Å². The molecule has 0 bridgehead atoms. The summed E-state index contributed by atoms with van der Waals surface area (Å²) in [6, 6.07) is 4.18. The van der Waals surface area contributed by atoms with Crippen LogP contribution in [0.2, 0.25) is 5.02 Å². The quantitative estimate of drug-likeness (QED) is 0.621. The summed E-state index contributed by atoms with van der Waals surface area (Å²) in [7, 11) is 1.15. The minimum Gasteiger partial charge on any atom is -0.335 e. The van der Waals surface area contributed by atoms with Crippen molar-refractivity contribution in [1.29, 1.82) is 0 Å². The third kappa shape index (κ3) is 4.33. The van der Waals surface area contributed by atoms with Crippen LogP contribution in [0.4, 0.5) is 17.6 Å². The maximum Gasteiger partial charge on any atom is 0.434 e. The van der Waals surface area contributed by atoms with Gasteiger partial charge in [-0.25, -0.2) is 4.39 Å². The fourth-order valence-electron chi connectivity index (χ4n) is 3.09. The highest BCUT2D eigenvalue weighted by atomic mass is 79.9. The number of hydrogen-bond acceptors (Lipinski definition) is 3. The lowest BCUT2D eigenvalue weighted by Crippen LogP contribution is -2.48. The van der Waals surface area contributed by atoms with Gasteiger partial charge in [-0.3, -0.25) is 14.4 Å². The monoisotopic (exact) mass is 482 g/mol. The van der Waals surface area contributed by atoms with Crippen molar-refractivity contribution in [2.24, 2.45) is 7.05 Å². The van der Waals surface area contributed by atoms with E-state index in [1.807, 2.05) is 4.90 Å². The maximum absolute atomic E-state index is 13.1. The molecule has 0 spiro atoms. The largest absolute Gasteiger partial charge is 0.434 e. The number of carbonyl (C=O) groups is 1. The first kappa shape index (κ1) is 21.1. The molecule has 1 amide bonds. The molecule has 1 fully saturated rings. The van der Waals surface area contributed by atoms with Gasteiger partial charge in [-0.05, 0) is 33.6 Å². The fraction of sp³-hybridized carbons (Fsp3) is 0.412. The number of aromatic nitrogens is 2. The van der Waals surface area contributed by atoms with E-state index in [9.17, 15) is 22.4 Å². The third-order valence-electron chi connectivity index (χ3n) is 4.53. The molecular formula is C17H16BrClF4N4O. The van der Waals surface area contributed by atoms with E-state index in [1.54, 1.807) is 6.07 Å². The molecule has 2 aromatic rings. The van der Waals surface area contributed by atoms with Gasteiger partial charge in [0, 0.05) is 44.8 Å². The van der Waals surface area contributed by atoms with Gasteiger partial charge in [-0.2, -0.15) is 18.3 Å². The molecule has 0 radical (unpaired) electrons. The van der Waals surface area contributed by atoms with Gasteiger partial charge in [0.15, 0.2) is 11.4 Å². The first-order chi connectivity index (χ1) is 13.1. The fourth-order valence-corrected chi connectivity index (χ4v) is 4.05. The summed E-state index contributed by atoms with van der Waals surface area (Å²) >= 11 is 8.91. The van der Waals surface area contributed by atoms with Crippen LogP contribution >= 0.6 is 27.5 Å². The van der Waals surface area contributed by atoms with Crippen molar-refractivity contribution < 1.29 is 22.4 Å². The van der Waals surface area contributed by atoms with Crippen LogP contribution in [0.3, 0.4) is 0 Å². The van der Waals surface area contributed by atoms with Crippen LogP contribution in [0.1, 0.15) is 21.7 Å². The van der Waals surface area contributed by atoms with E-state index in [2.05, 4.69) is 21.0 Å². The first-order valence-corrected chi connectivity index (χ1v) is 9.50. The van der Waals surface area contributed by atoms with Gasteiger partial charge in [0.1, 0.15) is 5.82 Å². The standard InChI is InChI=1S/C17H16BrClF4N4O/c1-25-15(17(21,22)23)13(18)14(24-25)16(28)27-6-4-26(5-7-27)9-10-2-3-11(20)8-12(10)19/h2-3,8H,4-7,9H2,1H3. The van der Waals surface area contributed by atoms with Gasteiger partial charge in [0.05, 0.1) is 4.47 Å². The van der Waals surface area contributed by atoms with Crippen LogP contribution in [-0.2, 0) is 19.8 Å². The van der Waals surface area contributed by atoms with Gasteiger partial charge in [-0.1, -0.05) is 17.7 Å². The van der Waals surface area contributed by atoms with Gasteiger partial charge in [-0.15, -0.1) is 0 Å². The predicted octanol–water partition coefficient (Wildman–Crippen LogP) is 3.95. The molecule has 1 aliphatic rings. The Bertz CT molecular complexity index is 894. The van der Waals surface area contributed by atoms with E-state index in [-0.39, 0.29) is 10.2 Å². The van der Waals surface area contributed by atoms with Gasteiger partial charge < -0.3 is 4.90 Å². The number of nitrogens with zero attached hydrogens (tertiary/aromatic N) is 4. The molecule has 1 saturated heterocycles. The van der Waals surface area contributed by atoms with E-state index in [4.69, 9.17) is 11.6 Å². The van der Waals surface area contributed by atoms with E-state index >= 15 is 0 Å². The number of piperazine rings is 1. The van der Waals surface area contributed by atoms with E-state index in [1.165, 1.54) is 17.0 Å². The molecule has 2 heterocycles. The van der Waals surface area contributed by atoms with Crippen molar-refractivity contribution in [1.82, 2.24) is 19.6 Å². The van der Waals surface area contributed by atoms with Crippen LogP contribution in [0.15, 0.2) is 22.7 Å². The second-order valence-corrected chi connectivity index (χ2v) is 7.64. The summed E-state index contributed by atoms with van der Waals surface area (Å²) in [5.41, 5.74) is -0.490. The summed E-state index contributed by atoms with van der Waals surface area (Å²) < 4.78 is 52.7. The maximum atomic E-state index is 13.1. The van der Waals surface area contributed by atoms with Crippen LogP contribution in [0.25, 0.3) is 0 Å². The number of benzene rings is 1. The lowest BCUT2D eigenvalue weighted by Gasteiger charge is -2.34. The Morgan fingerprint density at radius 3 is 2.43 bits per heavy atom. The van der Waals surface area contributed by atoms with Crippen molar-refractivity contribution >= 4 is 33.4 Å². The molecule has 0 N–H and O–H groups in total. The molecule has 3 rings (SSSR count). The Morgan fingerprint density at radius 1 is 1.25 bits per heavy atom. The highest BCUT2D eigenvalue weighted by Gasteiger charge is 2.40. The SMILES string of the molecule is Cn1nc(C(=O)N2CCN(Cc3ccc(F)cc3Cl)CC2)c(Br)c1C(F)(F)F. The second kappa shape index (κ2) is 8.00. The van der Waals surface area contributed by atoms with Gasteiger partial charge in [0.2, 0.25) is 0 Å². The molecule has 0 unspecified atom stereocenters. The number of halogens is 6. The zero-order chi connectivity index (χ0) is 20.6. The molecule has 0 atom stereocenters. The summed E-state index contributed by atoms with van der Waals surface area (Å²) in [4.78, 5) is 16.1. The molecule has 1 aromatic carbocycles. The average Bonchev–Trinajstić information content (AvgIpc) is 2.92. The highest BCUT2D eigenvalue weighted by molar-refractivity contribution is 9.10. The molecular weight excluding hydrogens is 468 g/mol. The highest BCUT2D eigenvalue weighted by Crippen LogP contribution is 2.36. The third-order valence-corrected chi connectivity index (χ3v) is 5.63. The Morgan fingerprint density at radius 2 is 1.89 bits per heavy atom. The average molecular weight is 484 g/mol. The van der Waals surface area contributed by atoms with Crippen molar-refractivity contribution in [3.8, 4) is 0 Å². The minimum atomic E-state index is -4.62. The van der Waals surface area contributed by atoms with Crippen LogP contribution in [-0.4, -0.2) is 51.7 Å². The van der Waals surface area contributed by atoms with Crippen LogP contribution < -0.4 is 0 Å². The molecule has 152 valence electrons. The van der Waals surface area contributed by atoms with Gasteiger partial charge in [0.25, 0.3) is 5.91 Å². The summed E-state index contributed by atoms with van der Waals surface area (Å²) in [5.74, 6) is -0.972. The van der Waals surface area contributed by atoms with Crippen molar-refractivity contribution in [2.45, 2.75) is 12.7 Å². The predicted molar refractivity (Wildman–Crippen MR) is 98.5 cm³/mol. The number of rotatable bonds is 3. The Balaban J connectivity index is 1.66. The smallest absolute Gasteiger partial charge is 0.335 e. The molecule has 5 nitrogen and oxygen atoms in total. The number of alkyl halides is 3. The van der Waals surface area contributed by atoms with E-state index < -0.39 is 23.6 Å². The molecule has 0 aliphatic carbocycles. The molecule has 11 heteroatoms. The Labute approximate surface area is 172 Å². The topological polar surface area (TPSA) is 41.4 Å². The normalized spacial score (nSPS) is 15.9. The van der Waals surface area contributed by atoms with E-state index in [0.717, 1.165) is 12.6 Å².